The van der Waals surface area contributed by atoms with Crippen molar-refractivity contribution >= 4 is 5.78 Å². The Balaban J connectivity index is 2.32. The zero-order chi connectivity index (χ0) is 11.5. The Bertz CT molecular complexity index is 455. The monoisotopic (exact) mass is 213 g/mol. The molecule has 0 N–H and O–H groups in total. The van der Waals surface area contributed by atoms with E-state index in [1.807, 2.05) is 13.8 Å². The van der Waals surface area contributed by atoms with Crippen molar-refractivity contribution in [3.8, 4) is 0 Å². The molecule has 0 bridgehead atoms. The normalized spacial score (nSPS) is 10.1. The number of aromatic nitrogens is 3. The summed E-state index contributed by atoms with van der Waals surface area (Å²) < 4.78 is 0. The zero-order valence-electron chi connectivity index (χ0n) is 9.14. The molecule has 0 unspecified atom stereocenters. The van der Waals surface area contributed by atoms with Crippen molar-refractivity contribution in [2.24, 2.45) is 0 Å². The number of rotatable bonds is 2. The number of nitrogens with zero attached hydrogens (tertiary/aromatic N) is 3. The third-order valence-electron chi connectivity index (χ3n) is 2.19. The molecule has 80 valence electrons. The molecule has 0 atom stereocenters. The second kappa shape index (κ2) is 4.18. The number of hydrogen-bond donors (Lipinski definition) is 0. The van der Waals surface area contributed by atoms with E-state index in [0.717, 1.165) is 11.4 Å². The first-order chi connectivity index (χ1) is 7.66. The van der Waals surface area contributed by atoms with Crippen molar-refractivity contribution in [2.75, 3.05) is 0 Å². The molecule has 2 aromatic rings. The Kier molecular flexibility index (Phi) is 2.72. The van der Waals surface area contributed by atoms with Gasteiger partial charge in [0.25, 0.3) is 0 Å². The summed E-state index contributed by atoms with van der Waals surface area (Å²) in [5.41, 5.74) is 2.55. The predicted molar refractivity (Wildman–Crippen MR) is 59.2 cm³/mol. The number of carbonyl (C=O) groups is 1. The Morgan fingerprint density at radius 2 is 1.69 bits per heavy atom. The van der Waals surface area contributed by atoms with Gasteiger partial charge in [-0.3, -0.25) is 14.8 Å². The molecule has 2 aromatic heterocycles. The molecule has 0 saturated carbocycles. The van der Waals surface area contributed by atoms with E-state index in [0.29, 0.717) is 11.3 Å². The molecule has 0 saturated heterocycles. The average Bonchev–Trinajstić information content (AvgIpc) is 2.30. The van der Waals surface area contributed by atoms with Crippen molar-refractivity contribution in [1.82, 2.24) is 15.0 Å². The number of aryl methyl sites for hydroxylation is 2. The average molecular weight is 213 g/mol. The Morgan fingerprint density at radius 3 is 2.25 bits per heavy atom. The SMILES string of the molecule is Cc1ccc(C(=O)c2cnc(C)cn2)cn1. The van der Waals surface area contributed by atoms with Gasteiger partial charge in [0, 0.05) is 23.7 Å². The summed E-state index contributed by atoms with van der Waals surface area (Å²) >= 11 is 0. The van der Waals surface area contributed by atoms with Crippen LogP contribution < -0.4 is 0 Å². The second-order valence-electron chi connectivity index (χ2n) is 3.56. The number of carbonyl (C=O) groups excluding carboxylic acids is 1. The maximum Gasteiger partial charge on any atom is 0.214 e. The Hall–Kier alpha value is -2.10. The van der Waals surface area contributed by atoms with E-state index in [-0.39, 0.29) is 5.78 Å². The van der Waals surface area contributed by atoms with Crippen LogP contribution in [0, 0.1) is 13.8 Å². The first-order valence-corrected chi connectivity index (χ1v) is 4.93. The summed E-state index contributed by atoms with van der Waals surface area (Å²) in [5, 5.41) is 0. The largest absolute Gasteiger partial charge is 0.287 e. The van der Waals surface area contributed by atoms with Gasteiger partial charge in [-0.15, -0.1) is 0 Å². The summed E-state index contributed by atoms with van der Waals surface area (Å²) in [6, 6.07) is 3.54. The predicted octanol–water partition coefficient (Wildman–Crippen LogP) is 1.72. The van der Waals surface area contributed by atoms with Gasteiger partial charge >= 0.3 is 0 Å². The van der Waals surface area contributed by atoms with E-state index >= 15 is 0 Å². The smallest absolute Gasteiger partial charge is 0.214 e. The minimum Gasteiger partial charge on any atom is -0.287 e. The summed E-state index contributed by atoms with van der Waals surface area (Å²) in [6.07, 6.45) is 4.62. The molecule has 4 heteroatoms. The molecular formula is C12H11N3O. The number of hydrogen-bond acceptors (Lipinski definition) is 4. The summed E-state index contributed by atoms with van der Waals surface area (Å²) in [6.45, 7) is 3.70. The number of ketones is 1. The molecule has 0 aliphatic rings. The first-order valence-electron chi connectivity index (χ1n) is 4.93. The minimum absolute atomic E-state index is 0.153. The maximum absolute atomic E-state index is 11.9. The fourth-order valence-electron chi connectivity index (χ4n) is 1.26. The quantitative estimate of drug-likeness (QED) is 0.713. The number of pyridine rings is 1. The van der Waals surface area contributed by atoms with E-state index in [9.17, 15) is 4.79 Å². The van der Waals surface area contributed by atoms with Crippen molar-refractivity contribution in [3.05, 3.63) is 53.4 Å². The molecule has 0 aromatic carbocycles. The van der Waals surface area contributed by atoms with Gasteiger partial charge in [-0.2, -0.15) is 0 Å². The lowest BCUT2D eigenvalue weighted by molar-refractivity contribution is 0.103. The lowest BCUT2D eigenvalue weighted by Gasteiger charge is -2.00. The van der Waals surface area contributed by atoms with Gasteiger partial charge < -0.3 is 0 Å². The molecular weight excluding hydrogens is 202 g/mol. The van der Waals surface area contributed by atoms with E-state index in [4.69, 9.17) is 0 Å². The molecule has 16 heavy (non-hydrogen) atoms. The third kappa shape index (κ3) is 2.11. The van der Waals surface area contributed by atoms with Crippen molar-refractivity contribution in [3.63, 3.8) is 0 Å². The molecule has 0 spiro atoms. The van der Waals surface area contributed by atoms with Gasteiger partial charge in [-0.1, -0.05) is 0 Å². The van der Waals surface area contributed by atoms with Crippen molar-refractivity contribution in [2.45, 2.75) is 13.8 Å². The topological polar surface area (TPSA) is 55.7 Å². The minimum atomic E-state index is -0.153. The lowest BCUT2D eigenvalue weighted by Crippen LogP contribution is -2.05. The molecule has 4 nitrogen and oxygen atoms in total. The van der Waals surface area contributed by atoms with Gasteiger partial charge in [-0.05, 0) is 26.0 Å². The third-order valence-corrected chi connectivity index (χ3v) is 2.19. The van der Waals surface area contributed by atoms with Gasteiger partial charge in [0.2, 0.25) is 5.78 Å². The first kappa shape index (κ1) is 10.4. The van der Waals surface area contributed by atoms with Crippen LogP contribution in [-0.2, 0) is 0 Å². The highest BCUT2D eigenvalue weighted by Gasteiger charge is 2.10. The van der Waals surface area contributed by atoms with Crippen LogP contribution in [-0.4, -0.2) is 20.7 Å². The second-order valence-corrected chi connectivity index (χ2v) is 3.56. The zero-order valence-corrected chi connectivity index (χ0v) is 9.14. The Labute approximate surface area is 93.4 Å². The van der Waals surface area contributed by atoms with Crippen LogP contribution in [0.1, 0.15) is 27.4 Å². The fourth-order valence-corrected chi connectivity index (χ4v) is 1.26. The highest BCUT2D eigenvalue weighted by Crippen LogP contribution is 2.06. The highest BCUT2D eigenvalue weighted by molar-refractivity contribution is 6.07. The molecule has 0 aliphatic heterocycles. The Morgan fingerprint density at radius 1 is 0.938 bits per heavy atom. The van der Waals surface area contributed by atoms with E-state index in [2.05, 4.69) is 15.0 Å². The summed E-state index contributed by atoms with van der Waals surface area (Å²) in [5.74, 6) is -0.153. The van der Waals surface area contributed by atoms with Crippen molar-refractivity contribution < 1.29 is 4.79 Å². The standard InChI is InChI=1S/C12H11N3O/c1-8-3-4-10(6-13-8)12(16)11-7-14-9(2)5-15-11/h3-7H,1-2H3. The van der Waals surface area contributed by atoms with Crippen LogP contribution in [0.5, 0.6) is 0 Å². The van der Waals surface area contributed by atoms with E-state index < -0.39 is 0 Å². The van der Waals surface area contributed by atoms with Crippen LogP contribution in [0.2, 0.25) is 0 Å². The molecule has 0 fully saturated rings. The molecule has 0 radical (unpaired) electrons. The summed E-state index contributed by atoms with van der Waals surface area (Å²) in [4.78, 5) is 24.1. The van der Waals surface area contributed by atoms with Crippen LogP contribution in [0.15, 0.2) is 30.7 Å². The highest BCUT2D eigenvalue weighted by atomic mass is 16.1. The van der Waals surface area contributed by atoms with Gasteiger partial charge in [0.1, 0.15) is 5.69 Å². The van der Waals surface area contributed by atoms with Gasteiger partial charge in [-0.25, -0.2) is 4.98 Å². The van der Waals surface area contributed by atoms with Crippen LogP contribution in [0.4, 0.5) is 0 Å². The summed E-state index contributed by atoms with van der Waals surface area (Å²) in [7, 11) is 0. The maximum atomic E-state index is 11.9. The molecule has 2 rings (SSSR count). The fraction of sp³-hybridized carbons (Fsp3) is 0.167. The molecule has 0 aliphatic carbocycles. The molecule has 2 heterocycles. The van der Waals surface area contributed by atoms with Crippen LogP contribution >= 0.6 is 0 Å². The van der Waals surface area contributed by atoms with E-state index in [1.54, 1.807) is 24.5 Å². The van der Waals surface area contributed by atoms with Crippen LogP contribution in [0.25, 0.3) is 0 Å². The van der Waals surface area contributed by atoms with E-state index in [1.165, 1.54) is 6.20 Å². The van der Waals surface area contributed by atoms with Crippen LogP contribution in [0.3, 0.4) is 0 Å². The van der Waals surface area contributed by atoms with Crippen molar-refractivity contribution in [1.29, 1.82) is 0 Å². The lowest BCUT2D eigenvalue weighted by atomic mass is 10.1. The molecule has 0 amide bonds. The van der Waals surface area contributed by atoms with Gasteiger partial charge in [0.15, 0.2) is 0 Å². The van der Waals surface area contributed by atoms with Gasteiger partial charge in [0.05, 0.1) is 11.9 Å².